The minimum Gasteiger partial charge on any atom is -0.509 e. The minimum absolute atomic E-state index is 0.0656. The SMILES string of the molecule is C=C/C(=C\C(=C)O)Cc1ccccc1. The molecule has 1 aromatic rings. The molecule has 0 saturated heterocycles. The number of benzene rings is 1. The van der Waals surface area contributed by atoms with Gasteiger partial charge in [0.25, 0.3) is 0 Å². The molecule has 1 nitrogen and oxygen atoms in total. The van der Waals surface area contributed by atoms with Gasteiger partial charge in [0.05, 0.1) is 0 Å². The predicted molar refractivity (Wildman–Crippen MR) is 60.2 cm³/mol. The van der Waals surface area contributed by atoms with Crippen LogP contribution in [0.3, 0.4) is 0 Å². The second-order valence-electron chi connectivity index (χ2n) is 3.08. The average molecular weight is 186 g/mol. The van der Waals surface area contributed by atoms with Crippen LogP contribution in [-0.2, 0) is 6.42 Å². The van der Waals surface area contributed by atoms with Crippen molar-refractivity contribution in [2.75, 3.05) is 0 Å². The summed E-state index contributed by atoms with van der Waals surface area (Å²) in [5, 5.41) is 9.01. The second kappa shape index (κ2) is 5.07. The Kier molecular flexibility index (Phi) is 3.74. The maximum atomic E-state index is 9.01. The van der Waals surface area contributed by atoms with Crippen molar-refractivity contribution in [2.24, 2.45) is 0 Å². The van der Waals surface area contributed by atoms with Crippen LogP contribution in [0.5, 0.6) is 0 Å². The number of aliphatic hydroxyl groups is 1. The van der Waals surface area contributed by atoms with Gasteiger partial charge in [-0.1, -0.05) is 49.6 Å². The van der Waals surface area contributed by atoms with Gasteiger partial charge in [0, 0.05) is 0 Å². The normalized spacial score (nSPS) is 11.0. The van der Waals surface area contributed by atoms with Gasteiger partial charge in [-0.2, -0.15) is 0 Å². The van der Waals surface area contributed by atoms with Crippen LogP contribution in [0, 0.1) is 0 Å². The summed E-state index contributed by atoms with van der Waals surface area (Å²) in [6.07, 6.45) is 4.12. The van der Waals surface area contributed by atoms with Gasteiger partial charge in [0.2, 0.25) is 0 Å². The van der Waals surface area contributed by atoms with Gasteiger partial charge >= 0.3 is 0 Å². The maximum Gasteiger partial charge on any atom is 0.108 e. The summed E-state index contributed by atoms with van der Waals surface area (Å²) in [5.74, 6) is 0.0656. The third-order valence-electron chi connectivity index (χ3n) is 1.87. The van der Waals surface area contributed by atoms with Gasteiger partial charge in [0.15, 0.2) is 0 Å². The van der Waals surface area contributed by atoms with Crippen molar-refractivity contribution in [2.45, 2.75) is 6.42 Å². The van der Waals surface area contributed by atoms with Crippen LogP contribution in [-0.4, -0.2) is 5.11 Å². The third-order valence-corrected chi connectivity index (χ3v) is 1.87. The van der Waals surface area contributed by atoms with E-state index in [1.54, 1.807) is 12.2 Å². The monoisotopic (exact) mass is 186 g/mol. The predicted octanol–water partition coefficient (Wildman–Crippen LogP) is 3.41. The lowest BCUT2D eigenvalue weighted by molar-refractivity contribution is 0.434. The molecular weight excluding hydrogens is 172 g/mol. The summed E-state index contributed by atoms with van der Waals surface area (Å²) in [6.45, 7) is 7.11. The van der Waals surface area contributed by atoms with E-state index in [9.17, 15) is 0 Å². The summed E-state index contributed by atoms with van der Waals surface area (Å²) >= 11 is 0. The molecule has 0 saturated carbocycles. The first-order chi connectivity index (χ1) is 6.72. The smallest absolute Gasteiger partial charge is 0.108 e. The Morgan fingerprint density at radius 3 is 2.43 bits per heavy atom. The van der Waals surface area contributed by atoms with E-state index in [0.717, 1.165) is 12.0 Å². The van der Waals surface area contributed by atoms with Crippen LogP contribution in [0.25, 0.3) is 0 Å². The van der Waals surface area contributed by atoms with E-state index in [-0.39, 0.29) is 5.76 Å². The first kappa shape index (κ1) is 10.3. The summed E-state index contributed by atoms with van der Waals surface area (Å²) < 4.78 is 0. The molecule has 1 heteroatoms. The Hall–Kier alpha value is -1.76. The van der Waals surface area contributed by atoms with E-state index >= 15 is 0 Å². The molecule has 1 rings (SSSR count). The Balaban J connectivity index is 2.76. The highest BCUT2D eigenvalue weighted by molar-refractivity contribution is 5.30. The van der Waals surface area contributed by atoms with Gasteiger partial charge < -0.3 is 5.11 Å². The fraction of sp³-hybridized carbons (Fsp3) is 0.0769. The summed E-state index contributed by atoms with van der Waals surface area (Å²) in [7, 11) is 0. The number of allylic oxidation sites excluding steroid dienone is 3. The molecule has 0 aliphatic rings. The first-order valence-corrected chi connectivity index (χ1v) is 4.47. The zero-order valence-electron chi connectivity index (χ0n) is 8.11. The van der Waals surface area contributed by atoms with Gasteiger partial charge in [-0.3, -0.25) is 0 Å². The molecule has 1 N–H and O–H groups in total. The van der Waals surface area contributed by atoms with Crippen molar-refractivity contribution in [1.29, 1.82) is 0 Å². The lowest BCUT2D eigenvalue weighted by Gasteiger charge is -2.01. The zero-order valence-corrected chi connectivity index (χ0v) is 8.11. The summed E-state index contributed by atoms with van der Waals surface area (Å²) in [5.41, 5.74) is 2.16. The van der Waals surface area contributed by atoms with E-state index in [0.29, 0.717) is 0 Å². The number of rotatable bonds is 4. The molecule has 1 aromatic carbocycles. The first-order valence-electron chi connectivity index (χ1n) is 4.47. The lowest BCUT2D eigenvalue weighted by atomic mass is 10.0. The van der Waals surface area contributed by atoms with Crippen molar-refractivity contribution in [3.05, 3.63) is 72.5 Å². The Morgan fingerprint density at radius 2 is 1.93 bits per heavy atom. The van der Waals surface area contributed by atoms with Gasteiger partial charge in [0.1, 0.15) is 5.76 Å². The van der Waals surface area contributed by atoms with Gasteiger partial charge in [-0.05, 0) is 23.6 Å². The Labute approximate surface area is 84.7 Å². The Morgan fingerprint density at radius 1 is 1.29 bits per heavy atom. The largest absolute Gasteiger partial charge is 0.509 e. The third kappa shape index (κ3) is 3.31. The van der Waals surface area contributed by atoms with Crippen molar-refractivity contribution in [3.8, 4) is 0 Å². The fourth-order valence-corrected chi connectivity index (χ4v) is 1.23. The van der Waals surface area contributed by atoms with Crippen molar-refractivity contribution in [1.82, 2.24) is 0 Å². The molecule has 0 fully saturated rings. The molecule has 72 valence electrons. The zero-order chi connectivity index (χ0) is 10.4. The molecule has 0 aliphatic carbocycles. The topological polar surface area (TPSA) is 20.2 Å². The minimum atomic E-state index is 0.0656. The average Bonchev–Trinajstić information content (AvgIpc) is 2.17. The highest BCUT2D eigenvalue weighted by atomic mass is 16.3. The van der Waals surface area contributed by atoms with Crippen molar-refractivity contribution >= 4 is 0 Å². The molecule has 0 unspecified atom stereocenters. The maximum absolute atomic E-state index is 9.01. The van der Waals surface area contributed by atoms with Crippen LogP contribution in [0.1, 0.15) is 5.56 Å². The molecule has 0 amide bonds. The standard InChI is InChI=1S/C13H14O/c1-3-12(9-11(2)14)10-13-7-5-4-6-8-13/h3-9,14H,1-2,10H2/b12-9+. The quantitative estimate of drug-likeness (QED) is 0.564. The Bertz CT molecular complexity index is 347. The van der Waals surface area contributed by atoms with Crippen LogP contribution >= 0.6 is 0 Å². The van der Waals surface area contributed by atoms with Gasteiger partial charge in [-0.15, -0.1) is 0 Å². The van der Waals surface area contributed by atoms with E-state index in [1.807, 2.05) is 30.3 Å². The lowest BCUT2D eigenvalue weighted by Crippen LogP contribution is -1.88. The van der Waals surface area contributed by atoms with Crippen LogP contribution < -0.4 is 0 Å². The highest BCUT2D eigenvalue weighted by Crippen LogP contribution is 2.09. The van der Waals surface area contributed by atoms with E-state index < -0.39 is 0 Å². The molecule has 0 heterocycles. The molecule has 0 bridgehead atoms. The van der Waals surface area contributed by atoms with Crippen molar-refractivity contribution in [3.63, 3.8) is 0 Å². The van der Waals surface area contributed by atoms with E-state index in [2.05, 4.69) is 13.2 Å². The second-order valence-corrected chi connectivity index (χ2v) is 3.08. The summed E-state index contributed by atoms with van der Waals surface area (Å²) in [4.78, 5) is 0. The van der Waals surface area contributed by atoms with Crippen molar-refractivity contribution < 1.29 is 5.11 Å². The van der Waals surface area contributed by atoms with Crippen LogP contribution in [0.4, 0.5) is 0 Å². The van der Waals surface area contributed by atoms with Crippen LogP contribution in [0.2, 0.25) is 0 Å². The van der Waals surface area contributed by atoms with Gasteiger partial charge in [-0.25, -0.2) is 0 Å². The highest BCUT2D eigenvalue weighted by Gasteiger charge is 1.95. The molecule has 0 atom stereocenters. The molecule has 0 radical (unpaired) electrons. The number of hydrogen-bond donors (Lipinski definition) is 1. The van der Waals surface area contributed by atoms with E-state index in [4.69, 9.17) is 5.11 Å². The molecule has 14 heavy (non-hydrogen) atoms. The fourth-order valence-electron chi connectivity index (χ4n) is 1.23. The molecule has 0 aromatic heterocycles. The summed E-state index contributed by atoms with van der Waals surface area (Å²) in [6, 6.07) is 10.0. The number of hydrogen-bond acceptors (Lipinski definition) is 1. The number of aliphatic hydroxyl groups excluding tert-OH is 1. The molecule has 0 aliphatic heterocycles. The molecular formula is C13H14O. The van der Waals surface area contributed by atoms with E-state index in [1.165, 1.54) is 5.56 Å². The van der Waals surface area contributed by atoms with Crippen LogP contribution in [0.15, 0.2) is 67.0 Å². The molecule has 0 spiro atoms.